The monoisotopic (exact) mass is 196 g/mol. The molecule has 0 aliphatic carbocycles. The lowest BCUT2D eigenvalue weighted by Gasteiger charge is -2.09. The Morgan fingerprint density at radius 1 is 1.38 bits per heavy atom. The van der Waals surface area contributed by atoms with Gasteiger partial charge in [0.05, 0.1) is 0 Å². The minimum atomic E-state index is 0.645. The van der Waals surface area contributed by atoms with Crippen LogP contribution >= 0.6 is 12.2 Å². The van der Waals surface area contributed by atoms with E-state index < -0.39 is 0 Å². The van der Waals surface area contributed by atoms with Gasteiger partial charge in [-0.2, -0.15) is 0 Å². The summed E-state index contributed by atoms with van der Waals surface area (Å²) in [5, 5.41) is 0. The van der Waals surface area contributed by atoms with Gasteiger partial charge in [-0.3, -0.25) is 0 Å². The summed E-state index contributed by atoms with van der Waals surface area (Å²) in [7, 11) is 0. The van der Waals surface area contributed by atoms with Crippen LogP contribution in [0.2, 0.25) is 0 Å². The highest BCUT2D eigenvalue weighted by atomic mass is 32.1. The molecule has 0 saturated heterocycles. The van der Waals surface area contributed by atoms with Crippen LogP contribution in [0.1, 0.15) is 30.9 Å². The lowest BCUT2D eigenvalue weighted by molar-refractivity contribution is 0.628. The molecule has 0 aromatic carbocycles. The van der Waals surface area contributed by atoms with Gasteiger partial charge in [-0.15, -0.1) is 0 Å². The van der Waals surface area contributed by atoms with Gasteiger partial charge in [-0.25, -0.2) is 4.98 Å². The van der Waals surface area contributed by atoms with Crippen molar-refractivity contribution in [3.63, 3.8) is 0 Å². The summed E-state index contributed by atoms with van der Waals surface area (Å²) < 4.78 is 0.729. The average Bonchev–Trinajstić information content (AvgIpc) is 1.98. The van der Waals surface area contributed by atoms with Crippen molar-refractivity contribution < 1.29 is 0 Å². The van der Waals surface area contributed by atoms with Crippen molar-refractivity contribution in [2.24, 2.45) is 5.92 Å². The Hall–Kier alpha value is -0.700. The van der Waals surface area contributed by atoms with E-state index in [2.05, 4.69) is 23.8 Å². The molecule has 0 bridgehead atoms. The van der Waals surface area contributed by atoms with Gasteiger partial charge in [-0.1, -0.05) is 26.1 Å². The molecule has 1 rings (SSSR count). The minimum Gasteiger partial charge on any atom is -0.347 e. The van der Waals surface area contributed by atoms with Crippen LogP contribution < -0.4 is 0 Å². The smallest absolute Gasteiger partial charge is 0.132 e. The third kappa shape index (κ3) is 2.62. The molecule has 1 heterocycles. The number of hydrogen-bond donors (Lipinski definition) is 1. The van der Waals surface area contributed by atoms with Crippen molar-refractivity contribution in [3.05, 3.63) is 21.7 Å². The maximum atomic E-state index is 5.15. The Bertz CT molecular complexity index is 352. The molecule has 0 aliphatic heterocycles. The molecule has 1 aromatic rings. The number of hydrogen-bond acceptors (Lipinski definition) is 2. The molecule has 2 nitrogen and oxygen atoms in total. The van der Waals surface area contributed by atoms with Gasteiger partial charge in [0.1, 0.15) is 10.5 Å². The maximum Gasteiger partial charge on any atom is 0.132 e. The van der Waals surface area contributed by atoms with Crippen LogP contribution in [0.4, 0.5) is 0 Å². The van der Waals surface area contributed by atoms with Crippen molar-refractivity contribution >= 4 is 12.2 Å². The SMILES string of the molecule is Cc1nc(=S)c(C)c(CC(C)C)[nH]1. The minimum absolute atomic E-state index is 0.645. The first-order valence-electron chi connectivity index (χ1n) is 4.57. The number of H-pyrrole nitrogens is 1. The zero-order chi connectivity index (χ0) is 10.0. The Kier molecular flexibility index (Phi) is 3.20. The van der Waals surface area contributed by atoms with Crippen LogP contribution in [0.5, 0.6) is 0 Å². The zero-order valence-electron chi connectivity index (χ0n) is 8.64. The molecule has 0 fully saturated rings. The Morgan fingerprint density at radius 3 is 2.54 bits per heavy atom. The fourth-order valence-electron chi connectivity index (χ4n) is 1.32. The highest BCUT2D eigenvalue weighted by molar-refractivity contribution is 7.71. The second-order valence-electron chi connectivity index (χ2n) is 3.83. The first-order chi connectivity index (χ1) is 6.00. The van der Waals surface area contributed by atoms with E-state index in [0.29, 0.717) is 5.92 Å². The summed E-state index contributed by atoms with van der Waals surface area (Å²) in [6.45, 7) is 8.38. The van der Waals surface area contributed by atoms with E-state index in [9.17, 15) is 0 Å². The van der Waals surface area contributed by atoms with Crippen LogP contribution in [-0.4, -0.2) is 9.97 Å². The van der Waals surface area contributed by atoms with Crippen LogP contribution in [0, 0.1) is 24.4 Å². The van der Waals surface area contributed by atoms with Crippen molar-refractivity contribution in [1.82, 2.24) is 9.97 Å². The average molecular weight is 196 g/mol. The van der Waals surface area contributed by atoms with E-state index in [1.165, 1.54) is 5.69 Å². The van der Waals surface area contributed by atoms with Crippen molar-refractivity contribution in [2.75, 3.05) is 0 Å². The van der Waals surface area contributed by atoms with Gasteiger partial charge < -0.3 is 4.98 Å². The third-order valence-corrected chi connectivity index (χ3v) is 2.38. The van der Waals surface area contributed by atoms with Gasteiger partial charge in [-0.05, 0) is 26.2 Å². The van der Waals surface area contributed by atoms with E-state index in [4.69, 9.17) is 12.2 Å². The first kappa shape index (κ1) is 10.4. The van der Waals surface area contributed by atoms with Gasteiger partial charge in [0, 0.05) is 11.3 Å². The molecule has 1 N–H and O–H groups in total. The standard InChI is InChI=1S/C10H16N2S/c1-6(2)5-9-7(3)10(13)12-8(4)11-9/h6H,5H2,1-4H3,(H,11,12,13). The van der Waals surface area contributed by atoms with Crippen molar-refractivity contribution in [3.8, 4) is 0 Å². The largest absolute Gasteiger partial charge is 0.347 e. The number of aromatic amines is 1. The van der Waals surface area contributed by atoms with Crippen molar-refractivity contribution in [2.45, 2.75) is 34.1 Å². The van der Waals surface area contributed by atoms with E-state index in [1.807, 2.05) is 13.8 Å². The fourth-order valence-corrected chi connectivity index (χ4v) is 1.58. The van der Waals surface area contributed by atoms with Crippen LogP contribution in [0.25, 0.3) is 0 Å². The molecule has 0 unspecified atom stereocenters. The van der Waals surface area contributed by atoms with Crippen molar-refractivity contribution in [1.29, 1.82) is 0 Å². The summed E-state index contributed by atoms with van der Waals surface area (Å²) in [5.74, 6) is 1.55. The second kappa shape index (κ2) is 4.01. The fraction of sp³-hybridized carbons (Fsp3) is 0.600. The highest BCUT2D eigenvalue weighted by Crippen LogP contribution is 2.11. The number of nitrogens with one attached hydrogen (secondary N) is 1. The number of rotatable bonds is 2. The van der Waals surface area contributed by atoms with Crippen LogP contribution in [0.15, 0.2) is 0 Å². The molecular weight excluding hydrogens is 180 g/mol. The molecule has 72 valence electrons. The molecule has 0 aliphatic rings. The summed E-state index contributed by atoms with van der Waals surface area (Å²) >= 11 is 5.15. The molecule has 3 heteroatoms. The molecule has 0 atom stereocenters. The quantitative estimate of drug-likeness (QED) is 0.737. The van der Waals surface area contributed by atoms with Gasteiger partial charge >= 0.3 is 0 Å². The lowest BCUT2D eigenvalue weighted by Crippen LogP contribution is -2.04. The Morgan fingerprint density at radius 2 is 2.00 bits per heavy atom. The van der Waals surface area contributed by atoms with E-state index in [-0.39, 0.29) is 0 Å². The predicted molar refractivity (Wildman–Crippen MR) is 57.4 cm³/mol. The normalized spacial score (nSPS) is 10.8. The summed E-state index contributed by atoms with van der Waals surface area (Å²) in [6, 6.07) is 0. The van der Waals surface area contributed by atoms with Gasteiger partial charge in [0.15, 0.2) is 0 Å². The molecule has 1 aromatic heterocycles. The molecule has 0 saturated carbocycles. The number of aryl methyl sites for hydroxylation is 1. The first-order valence-corrected chi connectivity index (χ1v) is 4.98. The van der Waals surface area contributed by atoms with Gasteiger partial charge in [0.2, 0.25) is 0 Å². The molecule has 0 spiro atoms. The number of nitrogens with zero attached hydrogens (tertiary/aromatic N) is 1. The lowest BCUT2D eigenvalue weighted by atomic mass is 10.1. The second-order valence-corrected chi connectivity index (χ2v) is 4.22. The van der Waals surface area contributed by atoms with E-state index >= 15 is 0 Å². The van der Waals surface area contributed by atoms with Crippen LogP contribution in [-0.2, 0) is 6.42 Å². The number of aromatic nitrogens is 2. The Balaban J connectivity index is 3.13. The van der Waals surface area contributed by atoms with E-state index in [1.54, 1.807) is 0 Å². The third-order valence-electron chi connectivity index (χ3n) is 1.99. The van der Waals surface area contributed by atoms with E-state index in [0.717, 1.165) is 22.4 Å². The maximum absolute atomic E-state index is 5.15. The predicted octanol–water partition coefficient (Wildman–Crippen LogP) is 2.95. The molecular formula is C10H16N2S. The van der Waals surface area contributed by atoms with Gasteiger partial charge in [0.25, 0.3) is 0 Å². The summed E-state index contributed by atoms with van der Waals surface area (Å²) in [6.07, 6.45) is 1.04. The molecule has 13 heavy (non-hydrogen) atoms. The highest BCUT2D eigenvalue weighted by Gasteiger charge is 2.04. The summed E-state index contributed by atoms with van der Waals surface area (Å²) in [5.41, 5.74) is 2.35. The molecule has 0 radical (unpaired) electrons. The Labute approximate surface area is 84.4 Å². The summed E-state index contributed by atoms with van der Waals surface area (Å²) in [4.78, 5) is 7.47. The topological polar surface area (TPSA) is 28.7 Å². The zero-order valence-corrected chi connectivity index (χ0v) is 9.46. The molecule has 0 amide bonds. The van der Waals surface area contributed by atoms with Crippen LogP contribution in [0.3, 0.4) is 0 Å².